The SMILES string of the molecule is O=C(c1cccs1)N1CCN(C(=O)c2cc(COc3ccc(F)cc3)cs2)CC1. The second-order valence-corrected chi connectivity index (χ2v) is 8.48. The molecule has 1 aliphatic heterocycles. The van der Waals surface area contributed by atoms with E-state index < -0.39 is 0 Å². The number of rotatable bonds is 5. The smallest absolute Gasteiger partial charge is 0.264 e. The molecule has 5 nitrogen and oxygen atoms in total. The molecule has 8 heteroatoms. The summed E-state index contributed by atoms with van der Waals surface area (Å²) in [5.41, 5.74) is 0.897. The summed E-state index contributed by atoms with van der Waals surface area (Å²) in [5.74, 6) is 0.282. The van der Waals surface area contributed by atoms with Crippen molar-refractivity contribution in [1.29, 1.82) is 0 Å². The Morgan fingerprint density at radius 3 is 2.21 bits per heavy atom. The number of carbonyl (C=O) groups is 2. The molecular weight excluding hydrogens is 411 g/mol. The number of ether oxygens (including phenoxy) is 1. The fourth-order valence-electron chi connectivity index (χ4n) is 3.09. The van der Waals surface area contributed by atoms with E-state index >= 15 is 0 Å². The largest absolute Gasteiger partial charge is 0.489 e. The summed E-state index contributed by atoms with van der Waals surface area (Å²) in [6.45, 7) is 2.44. The summed E-state index contributed by atoms with van der Waals surface area (Å²) in [5, 5.41) is 3.79. The minimum absolute atomic E-state index is 0.0220. The topological polar surface area (TPSA) is 49.9 Å². The van der Waals surface area contributed by atoms with Crippen molar-refractivity contribution < 1.29 is 18.7 Å². The number of hydrogen-bond donors (Lipinski definition) is 0. The highest BCUT2D eigenvalue weighted by atomic mass is 32.1. The zero-order valence-corrected chi connectivity index (χ0v) is 17.2. The van der Waals surface area contributed by atoms with Gasteiger partial charge < -0.3 is 14.5 Å². The minimum Gasteiger partial charge on any atom is -0.489 e. The lowest BCUT2D eigenvalue weighted by molar-refractivity contribution is 0.0540. The third-order valence-electron chi connectivity index (χ3n) is 4.67. The van der Waals surface area contributed by atoms with Gasteiger partial charge in [0.15, 0.2) is 0 Å². The van der Waals surface area contributed by atoms with Crippen LogP contribution in [-0.2, 0) is 6.61 Å². The Bertz CT molecular complexity index is 978. The normalized spacial score (nSPS) is 14.1. The summed E-state index contributed by atoms with van der Waals surface area (Å²) >= 11 is 2.82. The predicted octanol–water partition coefficient (Wildman–Crippen LogP) is 4.13. The summed E-state index contributed by atoms with van der Waals surface area (Å²) < 4.78 is 18.6. The van der Waals surface area contributed by atoms with Crippen LogP contribution in [0.2, 0.25) is 0 Å². The highest BCUT2D eigenvalue weighted by Gasteiger charge is 2.26. The van der Waals surface area contributed by atoms with Crippen LogP contribution in [0.4, 0.5) is 4.39 Å². The Morgan fingerprint density at radius 1 is 0.931 bits per heavy atom. The average Bonchev–Trinajstić information content (AvgIpc) is 3.45. The predicted molar refractivity (Wildman–Crippen MR) is 111 cm³/mol. The Morgan fingerprint density at radius 2 is 1.59 bits per heavy atom. The van der Waals surface area contributed by atoms with E-state index in [1.165, 1.54) is 34.8 Å². The number of nitrogens with zero attached hydrogens (tertiary/aromatic N) is 2. The fraction of sp³-hybridized carbons (Fsp3) is 0.238. The van der Waals surface area contributed by atoms with Crippen LogP contribution in [0.1, 0.15) is 24.9 Å². The molecule has 150 valence electrons. The minimum atomic E-state index is -0.307. The molecule has 3 heterocycles. The van der Waals surface area contributed by atoms with Crippen LogP contribution < -0.4 is 4.74 Å². The Labute approximate surface area is 175 Å². The van der Waals surface area contributed by atoms with Crippen LogP contribution in [-0.4, -0.2) is 47.8 Å². The lowest BCUT2D eigenvalue weighted by atomic mass is 10.2. The molecule has 0 N–H and O–H groups in total. The van der Waals surface area contributed by atoms with Crippen LogP contribution >= 0.6 is 22.7 Å². The van der Waals surface area contributed by atoms with Gasteiger partial charge in [0.2, 0.25) is 0 Å². The second-order valence-electron chi connectivity index (χ2n) is 6.62. The van der Waals surface area contributed by atoms with Gasteiger partial charge in [-0.05, 0) is 47.2 Å². The maximum absolute atomic E-state index is 12.9. The van der Waals surface area contributed by atoms with Crippen LogP contribution in [0.15, 0.2) is 53.2 Å². The van der Waals surface area contributed by atoms with E-state index in [0.29, 0.717) is 43.4 Å². The highest BCUT2D eigenvalue weighted by molar-refractivity contribution is 7.12. The first-order chi connectivity index (χ1) is 14.1. The maximum Gasteiger partial charge on any atom is 0.264 e. The van der Waals surface area contributed by atoms with Crippen molar-refractivity contribution in [3.63, 3.8) is 0 Å². The molecule has 1 aliphatic rings. The van der Waals surface area contributed by atoms with Gasteiger partial charge in [0, 0.05) is 31.7 Å². The molecule has 0 spiro atoms. The molecule has 3 aromatic rings. The highest BCUT2D eigenvalue weighted by Crippen LogP contribution is 2.21. The van der Waals surface area contributed by atoms with Gasteiger partial charge in [-0.3, -0.25) is 9.59 Å². The third-order valence-corrected chi connectivity index (χ3v) is 6.49. The Hall–Kier alpha value is -2.71. The first-order valence-corrected chi connectivity index (χ1v) is 10.9. The van der Waals surface area contributed by atoms with Crippen molar-refractivity contribution >= 4 is 34.5 Å². The van der Waals surface area contributed by atoms with Crippen molar-refractivity contribution in [2.75, 3.05) is 26.2 Å². The number of benzene rings is 1. The monoisotopic (exact) mass is 430 g/mol. The molecule has 2 aromatic heterocycles. The van der Waals surface area contributed by atoms with Gasteiger partial charge in [-0.15, -0.1) is 22.7 Å². The van der Waals surface area contributed by atoms with Crippen LogP contribution in [0.3, 0.4) is 0 Å². The van der Waals surface area contributed by atoms with E-state index in [1.807, 2.05) is 29.0 Å². The van der Waals surface area contributed by atoms with Crippen LogP contribution in [0, 0.1) is 5.82 Å². The Balaban J connectivity index is 1.30. The summed E-state index contributed by atoms with van der Waals surface area (Å²) in [7, 11) is 0. The number of halogens is 1. The van der Waals surface area contributed by atoms with Gasteiger partial charge >= 0.3 is 0 Å². The van der Waals surface area contributed by atoms with Crippen LogP contribution in [0.25, 0.3) is 0 Å². The molecule has 29 heavy (non-hydrogen) atoms. The number of hydrogen-bond acceptors (Lipinski definition) is 5. The number of carbonyl (C=O) groups excluding carboxylic acids is 2. The van der Waals surface area contributed by atoms with E-state index in [4.69, 9.17) is 4.74 Å². The lowest BCUT2D eigenvalue weighted by Crippen LogP contribution is -2.50. The average molecular weight is 431 g/mol. The van der Waals surface area contributed by atoms with Crippen molar-refractivity contribution in [2.45, 2.75) is 6.61 Å². The molecule has 1 aromatic carbocycles. The van der Waals surface area contributed by atoms with Crippen LogP contribution in [0.5, 0.6) is 5.75 Å². The number of piperazine rings is 1. The zero-order valence-electron chi connectivity index (χ0n) is 15.5. The molecule has 1 fully saturated rings. The number of amides is 2. The molecule has 0 atom stereocenters. The third kappa shape index (κ3) is 4.65. The Kier molecular flexibility index (Phi) is 5.92. The molecule has 4 rings (SSSR count). The summed E-state index contributed by atoms with van der Waals surface area (Å²) in [4.78, 5) is 30.2. The van der Waals surface area contributed by atoms with Gasteiger partial charge in [-0.2, -0.15) is 0 Å². The molecule has 0 unspecified atom stereocenters. The first kappa shape index (κ1) is 19.6. The molecule has 1 saturated heterocycles. The lowest BCUT2D eigenvalue weighted by Gasteiger charge is -2.34. The molecular formula is C21H19FN2O3S2. The molecule has 0 bridgehead atoms. The first-order valence-electron chi connectivity index (χ1n) is 9.18. The molecule has 0 aliphatic carbocycles. The van der Waals surface area contributed by atoms with Gasteiger partial charge in [-0.25, -0.2) is 4.39 Å². The standard InChI is InChI=1S/C21H19FN2O3S2/c22-16-3-5-17(6-4-16)27-13-15-12-19(29-14-15)21(26)24-9-7-23(8-10-24)20(25)18-2-1-11-28-18/h1-6,11-12,14H,7-10,13H2. The zero-order chi connectivity index (χ0) is 20.2. The molecule has 0 radical (unpaired) electrons. The maximum atomic E-state index is 12.9. The van der Waals surface area contributed by atoms with Gasteiger partial charge in [0.25, 0.3) is 11.8 Å². The van der Waals surface area contributed by atoms with E-state index in [-0.39, 0.29) is 17.6 Å². The fourth-order valence-corrected chi connectivity index (χ4v) is 4.64. The van der Waals surface area contributed by atoms with Gasteiger partial charge in [0.05, 0.1) is 9.75 Å². The second kappa shape index (κ2) is 8.75. The van der Waals surface area contributed by atoms with E-state index in [0.717, 1.165) is 10.4 Å². The van der Waals surface area contributed by atoms with Gasteiger partial charge in [0.1, 0.15) is 18.2 Å². The van der Waals surface area contributed by atoms with E-state index in [2.05, 4.69) is 0 Å². The quantitative estimate of drug-likeness (QED) is 0.612. The summed E-state index contributed by atoms with van der Waals surface area (Å²) in [6.07, 6.45) is 0. The summed E-state index contributed by atoms with van der Waals surface area (Å²) in [6, 6.07) is 11.4. The number of thiophene rings is 2. The van der Waals surface area contributed by atoms with Crippen molar-refractivity contribution in [3.05, 3.63) is 74.4 Å². The van der Waals surface area contributed by atoms with Crippen molar-refractivity contribution in [2.24, 2.45) is 0 Å². The van der Waals surface area contributed by atoms with Gasteiger partial charge in [-0.1, -0.05) is 6.07 Å². The van der Waals surface area contributed by atoms with Crippen molar-refractivity contribution in [1.82, 2.24) is 9.80 Å². The van der Waals surface area contributed by atoms with E-state index in [9.17, 15) is 14.0 Å². The van der Waals surface area contributed by atoms with Crippen molar-refractivity contribution in [3.8, 4) is 5.75 Å². The van der Waals surface area contributed by atoms with E-state index in [1.54, 1.807) is 21.9 Å². The molecule has 0 saturated carbocycles. The molecule has 2 amide bonds.